The largest absolute Gasteiger partial charge is 0.491 e. The number of hydrogen-bond donors (Lipinski definition) is 2. The number of amides is 1. The molecule has 1 amide bonds. The fraction of sp³-hybridized carbons (Fsp3) is 0.308. The standard InChI is InChI=1S/C13H14N2O2/c1-3-7-15-11-5-4-10(13(16)14-2)9-6-8-17-12(9)11/h1,4-5,15H,6-8H2,2H3,(H,14,16)/i2D3. The molecule has 2 N–H and O–H groups in total. The normalized spacial score (nSPS) is 15.6. The van der Waals surface area contributed by atoms with Gasteiger partial charge in [0.2, 0.25) is 0 Å². The van der Waals surface area contributed by atoms with Crippen molar-refractivity contribution >= 4 is 11.6 Å². The lowest BCUT2D eigenvalue weighted by Gasteiger charge is -2.11. The van der Waals surface area contributed by atoms with E-state index in [-0.39, 0.29) is 0 Å². The van der Waals surface area contributed by atoms with Crippen molar-refractivity contribution in [3.8, 4) is 18.1 Å². The molecule has 1 aromatic rings. The fourth-order valence-electron chi connectivity index (χ4n) is 1.86. The lowest BCUT2D eigenvalue weighted by atomic mass is 10.0. The van der Waals surface area contributed by atoms with Crippen molar-refractivity contribution in [2.75, 3.05) is 25.4 Å². The number of ether oxygens (including phenoxy) is 1. The van der Waals surface area contributed by atoms with E-state index in [0.717, 1.165) is 0 Å². The van der Waals surface area contributed by atoms with Crippen LogP contribution in [-0.2, 0) is 6.42 Å². The van der Waals surface area contributed by atoms with Gasteiger partial charge in [-0.15, -0.1) is 6.42 Å². The highest BCUT2D eigenvalue weighted by Gasteiger charge is 2.22. The van der Waals surface area contributed by atoms with E-state index in [4.69, 9.17) is 15.3 Å². The molecule has 1 aromatic carbocycles. The summed E-state index contributed by atoms with van der Waals surface area (Å²) in [6.07, 6.45) is 5.75. The maximum absolute atomic E-state index is 12.0. The molecule has 0 aromatic heterocycles. The van der Waals surface area contributed by atoms with Crippen molar-refractivity contribution in [1.29, 1.82) is 0 Å². The molecule has 0 aliphatic carbocycles. The number of carbonyl (C=O) groups excluding carboxylic acids is 1. The predicted molar refractivity (Wildman–Crippen MR) is 66.4 cm³/mol. The number of benzene rings is 1. The zero-order valence-electron chi connectivity index (χ0n) is 12.2. The number of nitrogens with one attached hydrogen (secondary N) is 2. The molecule has 1 aliphatic heterocycles. The lowest BCUT2D eigenvalue weighted by Crippen LogP contribution is -2.19. The van der Waals surface area contributed by atoms with Crippen LogP contribution in [0.3, 0.4) is 0 Å². The molecule has 1 heterocycles. The van der Waals surface area contributed by atoms with Crippen LogP contribution in [0.15, 0.2) is 12.1 Å². The van der Waals surface area contributed by atoms with E-state index in [1.54, 1.807) is 12.1 Å². The Hall–Kier alpha value is -2.15. The molecule has 0 fully saturated rings. The minimum Gasteiger partial charge on any atom is -0.491 e. The second-order valence-electron chi connectivity index (χ2n) is 3.58. The Morgan fingerprint density at radius 1 is 1.71 bits per heavy atom. The summed E-state index contributed by atoms with van der Waals surface area (Å²) in [5.74, 6) is 2.39. The van der Waals surface area contributed by atoms with Gasteiger partial charge in [-0.2, -0.15) is 0 Å². The quantitative estimate of drug-likeness (QED) is 0.767. The summed E-state index contributed by atoms with van der Waals surface area (Å²) in [5.41, 5.74) is 1.73. The number of carbonyl (C=O) groups is 1. The smallest absolute Gasteiger partial charge is 0.251 e. The Bertz CT molecular complexity index is 576. The van der Waals surface area contributed by atoms with Gasteiger partial charge in [0.05, 0.1) is 18.8 Å². The summed E-state index contributed by atoms with van der Waals surface area (Å²) in [6, 6.07) is 3.24. The first-order valence-electron chi connectivity index (χ1n) is 6.71. The molecule has 4 heteroatoms. The van der Waals surface area contributed by atoms with Crippen LogP contribution in [-0.4, -0.2) is 26.0 Å². The van der Waals surface area contributed by atoms with Gasteiger partial charge in [0.25, 0.3) is 5.91 Å². The highest BCUT2D eigenvalue weighted by Crippen LogP contribution is 2.36. The number of anilines is 1. The fourth-order valence-corrected chi connectivity index (χ4v) is 1.86. The van der Waals surface area contributed by atoms with Crippen molar-refractivity contribution in [3.05, 3.63) is 23.3 Å². The first-order chi connectivity index (χ1) is 9.42. The molecular weight excluding hydrogens is 216 g/mol. The number of hydrogen-bond acceptors (Lipinski definition) is 3. The molecule has 4 nitrogen and oxygen atoms in total. The Morgan fingerprint density at radius 3 is 3.35 bits per heavy atom. The molecule has 0 saturated heterocycles. The number of rotatable bonds is 3. The van der Waals surface area contributed by atoms with Gasteiger partial charge in [-0.1, -0.05) is 5.92 Å². The lowest BCUT2D eigenvalue weighted by molar-refractivity contribution is 0.0962. The van der Waals surface area contributed by atoms with Crippen molar-refractivity contribution < 1.29 is 13.6 Å². The molecule has 2 rings (SSSR count). The van der Waals surface area contributed by atoms with Crippen LogP contribution >= 0.6 is 0 Å². The van der Waals surface area contributed by atoms with Gasteiger partial charge in [0, 0.05) is 28.6 Å². The summed E-state index contributed by atoms with van der Waals surface area (Å²) in [4.78, 5) is 12.0. The summed E-state index contributed by atoms with van der Waals surface area (Å²) in [7, 11) is 0. The molecule has 0 unspecified atom stereocenters. The number of terminal acetylenes is 1. The van der Waals surface area contributed by atoms with Crippen molar-refractivity contribution in [2.24, 2.45) is 0 Å². The second kappa shape index (κ2) is 4.79. The summed E-state index contributed by atoms with van der Waals surface area (Å²) in [6.45, 7) is -1.71. The van der Waals surface area contributed by atoms with E-state index in [0.29, 0.717) is 42.1 Å². The highest BCUT2D eigenvalue weighted by atomic mass is 16.5. The van der Waals surface area contributed by atoms with Crippen LogP contribution in [0.2, 0.25) is 0 Å². The minimum atomic E-state index is -2.51. The summed E-state index contributed by atoms with van der Waals surface area (Å²) < 4.78 is 26.7. The molecule has 0 bridgehead atoms. The zero-order valence-corrected chi connectivity index (χ0v) is 9.17. The third-order valence-corrected chi connectivity index (χ3v) is 2.60. The van der Waals surface area contributed by atoms with Gasteiger partial charge in [0.15, 0.2) is 0 Å². The van der Waals surface area contributed by atoms with Gasteiger partial charge < -0.3 is 15.4 Å². The zero-order chi connectivity index (χ0) is 14.8. The van der Waals surface area contributed by atoms with Gasteiger partial charge in [-0.05, 0) is 12.1 Å². The third-order valence-electron chi connectivity index (χ3n) is 2.60. The van der Waals surface area contributed by atoms with Gasteiger partial charge >= 0.3 is 0 Å². The van der Waals surface area contributed by atoms with E-state index < -0.39 is 12.9 Å². The minimum absolute atomic E-state index is 0.319. The van der Waals surface area contributed by atoms with E-state index in [9.17, 15) is 4.79 Å². The Labute approximate surface area is 105 Å². The van der Waals surface area contributed by atoms with Crippen LogP contribution < -0.4 is 15.4 Å². The van der Waals surface area contributed by atoms with Crippen molar-refractivity contribution in [3.63, 3.8) is 0 Å². The van der Waals surface area contributed by atoms with Crippen LogP contribution in [0.1, 0.15) is 20.0 Å². The molecule has 0 radical (unpaired) electrons. The van der Waals surface area contributed by atoms with E-state index >= 15 is 0 Å². The topological polar surface area (TPSA) is 50.4 Å². The van der Waals surface area contributed by atoms with Crippen LogP contribution in [0.4, 0.5) is 5.69 Å². The van der Waals surface area contributed by atoms with Crippen molar-refractivity contribution in [2.45, 2.75) is 6.42 Å². The molecule has 88 valence electrons. The Morgan fingerprint density at radius 2 is 2.59 bits per heavy atom. The first-order valence-corrected chi connectivity index (χ1v) is 5.21. The molecular formula is C13H14N2O2. The van der Waals surface area contributed by atoms with Gasteiger partial charge in [0.1, 0.15) is 5.75 Å². The first kappa shape index (κ1) is 8.02. The van der Waals surface area contributed by atoms with E-state index in [1.807, 2.05) is 5.32 Å². The summed E-state index contributed by atoms with van der Waals surface area (Å²) in [5, 5.41) is 4.99. The van der Waals surface area contributed by atoms with E-state index in [1.165, 1.54) is 0 Å². The summed E-state index contributed by atoms with van der Waals surface area (Å²) >= 11 is 0. The molecule has 0 atom stereocenters. The average Bonchev–Trinajstić information content (AvgIpc) is 2.82. The van der Waals surface area contributed by atoms with Gasteiger partial charge in [-0.3, -0.25) is 4.79 Å². The Kier molecular flexibility index (Phi) is 2.26. The SMILES string of the molecule is [2H]C([2H])([2H])NC(=O)c1ccc(NCC#C)c2c1CCO2. The predicted octanol–water partition coefficient (Wildman–Crippen LogP) is 1.03. The van der Waals surface area contributed by atoms with Crippen LogP contribution in [0, 0.1) is 12.3 Å². The van der Waals surface area contributed by atoms with Crippen LogP contribution in [0.25, 0.3) is 0 Å². The average molecular weight is 233 g/mol. The third kappa shape index (κ3) is 2.04. The highest BCUT2D eigenvalue weighted by molar-refractivity contribution is 5.97. The van der Waals surface area contributed by atoms with E-state index in [2.05, 4.69) is 11.2 Å². The Balaban J connectivity index is 2.31. The maximum Gasteiger partial charge on any atom is 0.251 e. The van der Waals surface area contributed by atoms with Crippen molar-refractivity contribution in [1.82, 2.24) is 5.32 Å². The molecule has 1 aliphatic rings. The van der Waals surface area contributed by atoms with Gasteiger partial charge in [-0.25, -0.2) is 0 Å². The molecule has 0 saturated carbocycles. The molecule has 0 spiro atoms. The molecule has 17 heavy (non-hydrogen) atoms. The van der Waals surface area contributed by atoms with Crippen LogP contribution in [0.5, 0.6) is 5.75 Å². The second-order valence-corrected chi connectivity index (χ2v) is 3.58. The number of fused-ring (bicyclic) bond motifs is 1. The monoisotopic (exact) mass is 233 g/mol. The maximum atomic E-state index is 12.0.